The van der Waals surface area contributed by atoms with Gasteiger partial charge in [-0.2, -0.15) is 0 Å². The molecule has 0 aromatic heterocycles. The molecule has 0 radical (unpaired) electrons. The van der Waals surface area contributed by atoms with E-state index in [1.807, 2.05) is 0 Å². The van der Waals surface area contributed by atoms with Crippen LogP contribution >= 0.6 is 0 Å². The molecule has 1 saturated heterocycles. The molecule has 9 heteroatoms. The first-order valence-corrected chi connectivity index (χ1v) is 12.6. The quantitative estimate of drug-likeness (QED) is 0.694. The van der Waals surface area contributed by atoms with Gasteiger partial charge in [-0.05, 0) is 43.7 Å². The topological polar surface area (TPSA) is 116 Å². The number of carboxylic acid groups (broad SMARTS) is 1. The Morgan fingerprint density at radius 1 is 1.16 bits per heavy atom. The maximum absolute atomic E-state index is 12.9. The van der Waals surface area contributed by atoms with Gasteiger partial charge in [0.15, 0.2) is 0 Å². The number of amidine groups is 1. The van der Waals surface area contributed by atoms with Crippen molar-refractivity contribution in [1.82, 2.24) is 9.62 Å². The number of aliphatic imine (C=N–C) groups is 1. The van der Waals surface area contributed by atoms with E-state index in [1.165, 1.54) is 16.8 Å². The van der Waals surface area contributed by atoms with Crippen LogP contribution in [0.5, 0.6) is 0 Å². The van der Waals surface area contributed by atoms with Gasteiger partial charge in [0.2, 0.25) is 10.0 Å². The van der Waals surface area contributed by atoms with Crippen molar-refractivity contribution in [3.8, 4) is 0 Å². The molecular formula is C22H29N3O5S. The highest BCUT2D eigenvalue weighted by molar-refractivity contribution is 7.89. The van der Waals surface area contributed by atoms with Crippen molar-refractivity contribution in [1.29, 1.82) is 0 Å². The number of hydrogen-bond acceptors (Lipinski definition) is 5. The molecule has 168 valence electrons. The maximum Gasteiger partial charge on any atom is 0.335 e. The number of amides is 1. The lowest BCUT2D eigenvalue weighted by Gasteiger charge is -2.34. The number of nitrogens with zero attached hydrogens (tertiary/aromatic N) is 2. The monoisotopic (exact) mass is 447 g/mol. The summed E-state index contributed by atoms with van der Waals surface area (Å²) in [5, 5.41) is 12.3. The first-order valence-electron chi connectivity index (χ1n) is 11.0. The van der Waals surface area contributed by atoms with Crippen LogP contribution in [0, 0.1) is 5.92 Å². The van der Waals surface area contributed by atoms with Crippen LogP contribution in [-0.2, 0) is 21.2 Å². The van der Waals surface area contributed by atoms with Gasteiger partial charge in [-0.3, -0.25) is 9.79 Å². The molecule has 1 aromatic carbocycles. The van der Waals surface area contributed by atoms with Gasteiger partial charge < -0.3 is 10.4 Å². The fourth-order valence-electron chi connectivity index (χ4n) is 4.90. The number of carbonyl (C=O) groups excluding carboxylic acids is 1. The zero-order valence-corrected chi connectivity index (χ0v) is 18.4. The van der Waals surface area contributed by atoms with E-state index in [4.69, 9.17) is 4.99 Å². The van der Waals surface area contributed by atoms with Gasteiger partial charge >= 0.3 is 5.97 Å². The number of benzene rings is 1. The van der Waals surface area contributed by atoms with E-state index in [2.05, 4.69) is 5.32 Å². The fraction of sp³-hybridized carbons (Fsp3) is 0.591. The predicted molar refractivity (Wildman–Crippen MR) is 117 cm³/mol. The van der Waals surface area contributed by atoms with Crippen LogP contribution in [0.25, 0.3) is 0 Å². The van der Waals surface area contributed by atoms with Crippen molar-refractivity contribution in [3.63, 3.8) is 0 Å². The van der Waals surface area contributed by atoms with E-state index in [1.54, 1.807) is 18.2 Å². The van der Waals surface area contributed by atoms with Crippen molar-refractivity contribution in [3.05, 3.63) is 35.4 Å². The second-order valence-electron chi connectivity index (χ2n) is 8.75. The highest BCUT2D eigenvalue weighted by Crippen LogP contribution is 2.34. The molecule has 0 atom stereocenters. The Hall–Kier alpha value is -2.26. The fourth-order valence-corrected chi connectivity index (χ4v) is 6.37. The van der Waals surface area contributed by atoms with Gasteiger partial charge in [-0.15, -0.1) is 0 Å². The van der Waals surface area contributed by atoms with Crippen LogP contribution in [0.4, 0.5) is 0 Å². The zero-order valence-electron chi connectivity index (χ0n) is 17.5. The largest absolute Gasteiger partial charge is 0.478 e. The lowest BCUT2D eigenvalue weighted by Crippen LogP contribution is -2.51. The summed E-state index contributed by atoms with van der Waals surface area (Å²) >= 11 is 0. The first kappa shape index (κ1) is 22.0. The summed E-state index contributed by atoms with van der Waals surface area (Å²) in [6.07, 6.45) is 6.53. The predicted octanol–water partition coefficient (Wildman–Crippen LogP) is 2.20. The summed E-state index contributed by atoms with van der Waals surface area (Å²) in [7, 11) is -3.56. The molecule has 2 fully saturated rings. The van der Waals surface area contributed by atoms with E-state index in [9.17, 15) is 23.1 Å². The Labute approximate surface area is 182 Å². The van der Waals surface area contributed by atoms with Crippen LogP contribution in [0.1, 0.15) is 60.9 Å². The molecule has 2 N–H and O–H groups in total. The minimum atomic E-state index is -3.56. The molecule has 1 amide bonds. The molecule has 1 aliphatic carbocycles. The Balaban J connectivity index is 1.39. The third kappa shape index (κ3) is 4.52. The first-order chi connectivity index (χ1) is 14.8. The molecule has 2 heterocycles. The molecule has 0 unspecified atom stereocenters. The minimum absolute atomic E-state index is 0.0968. The van der Waals surface area contributed by atoms with Crippen molar-refractivity contribution in [2.75, 3.05) is 18.8 Å². The lowest BCUT2D eigenvalue weighted by atomic mass is 9.88. The summed E-state index contributed by atoms with van der Waals surface area (Å²) in [6, 6.07) is 6.46. The molecule has 31 heavy (non-hydrogen) atoms. The number of carbonyl (C=O) groups is 2. The molecule has 1 saturated carbocycles. The van der Waals surface area contributed by atoms with Crippen LogP contribution in [0.3, 0.4) is 0 Å². The van der Waals surface area contributed by atoms with E-state index in [-0.39, 0.29) is 36.7 Å². The average Bonchev–Trinajstić information content (AvgIpc) is 3.09. The maximum atomic E-state index is 12.9. The molecular weight excluding hydrogens is 418 g/mol. The number of piperidine rings is 1. The van der Waals surface area contributed by atoms with Crippen LogP contribution in [0.2, 0.25) is 0 Å². The number of rotatable bonds is 6. The van der Waals surface area contributed by atoms with Crippen molar-refractivity contribution < 1.29 is 23.1 Å². The normalized spacial score (nSPS) is 22.3. The number of hydrogen-bond donors (Lipinski definition) is 2. The summed E-state index contributed by atoms with van der Waals surface area (Å²) in [5.41, 5.74) is -0.208. The Morgan fingerprint density at radius 3 is 2.52 bits per heavy atom. The van der Waals surface area contributed by atoms with E-state index >= 15 is 0 Å². The van der Waals surface area contributed by atoms with Gasteiger partial charge in [0.25, 0.3) is 5.91 Å². The summed E-state index contributed by atoms with van der Waals surface area (Å²) < 4.78 is 27.2. The number of carboxylic acids is 1. The number of aryl methyl sites for hydroxylation is 1. The van der Waals surface area contributed by atoms with E-state index in [0.29, 0.717) is 24.3 Å². The highest BCUT2D eigenvalue weighted by Gasteiger charge is 2.48. The summed E-state index contributed by atoms with van der Waals surface area (Å²) in [6.45, 7) is 0.496. The van der Waals surface area contributed by atoms with Crippen LogP contribution in [-0.4, -0.2) is 59.9 Å². The minimum Gasteiger partial charge on any atom is -0.478 e. The lowest BCUT2D eigenvalue weighted by molar-refractivity contribution is -0.125. The molecule has 3 aliphatic rings. The second kappa shape index (κ2) is 8.70. The molecule has 2 aliphatic heterocycles. The Kier molecular flexibility index (Phi) is 6.16. The van der Waals surface area contributed by atoms with Crippen molar-refractivity contribution >= 4 is 27.7 Å². The number of nitrogens with one attached hydrogen (secondary N) is 1. The third-order valence-corrected chi connectivity index (χ3v) is 8.68. The Morgan fingerprint density at radius 2 is 1.84 bits per heavy atom. The van der Waals surface area contributed by atoms with Gasteiger partial charge in [-0.1, -0.05) is 37.5 Å². The summed E-state index contributed by atoms with van der Waals surface area (Å²) in [4.78, 5) is 28.9. The average molecular weight is 448 g/mol. The molecule has 1 aromatic rings. The number of sulfonamides is 1. The van der Waals surface area contributed by atoms with Gasteiger partial charge in [0.1, 0.15) is 11.4 Å². The van der Waals surface area contributed by atoms with Gasteiger partial charge in [0.05, 0.1) is 11.3 Å². The smallest absolute Gasteiger partial charge is 0.335 e. The van der Waals surface area contributed by atoms with E-state index in [0.717, 1.165) is 31.5 Å². The molecule has 8 nitrogen and oxygen atoms in total. The van der Waals surface area contributed by atoms with Gasteiger partial charge in [-0.25, -0.2) is 17.5 Å². The van der Waals surface area contributed by atoms with Crippen molar-refractivity contribution in [2.45, 2.75) is 56.9 Å². The van der Waals surface area contributed by atoms with E-state index < -0.39 is 21.5 Å². The molecule has 4 rings (SSSR count). The number of aromatic carboxylic acids is 1. The standard InChI is InChI=1S/C22H29N3O5S/c26-20(27)18-9-5-4-6-16(18)10-15-31(29,30)25-13-11-22(12-14-25)21(28)23-19(24-22)17-7-2-1-3-8-17/h4-6,9,17H,1-3,7-8,10-15H2,(H,26,27)(H,23,24,28). The van der Waals surface area contributed by atoms with Crippen molar-refractivity contribution in [2.24, 2.45) is 10.9 Å². The summed E-state index contributed by atoms with van der Waals surface area (Å²) in [5.74, 6) is -0.209. The SMILES string of the molecule is O=C(O)c1ccccc1CCS(=O)(=O)N1CCC2(CC1)N=C(C1CCCCC1)NC2=O. The zero-order chi connectivity index (χ0) is 22.1. The third-order valence-electron chi connectivity index (χ3n) is 6.81. The molecule has 0 bridgehead atoms. The second-order valence-corrected chi connectivity index (χ2v) is 10.8. The van der Waals surface area contributed by atoms with Gasteiger partial charge in [0, 0.05) is 19.0 Å². The Bertz CT molecular complexity index is 990. The highest BCUT2D eigenvalue weighted by atomic mass is 32.2. The van der Waals surface area contributed by atoms with Crippen LogP contribution < -0.4 is 5.32 Å². The molecule has 1 spiro atoms. The van der Waals surface area contributed by atoms with Crippen LogP contribution in [0.15, 0.2) is 29.3 Å².